The van der Waals surface area contributed by atoms with Crippen molar-refractivity contribution in [1.29, 1.82) is 0 Å². The second-order valence-corrected chi connectivity index (χ2v) is 4.65. The summed E-state index contributed by atoms with van der Waals surface area (Å²) in [6.45, 7) is 1.73. The minimum Gasteiger partial charge on any atom is -0.342 e. The Hall–Kier alpha value is -0.860. The number of rotatable bonds is 1. The molecule has 0 aromatic rings. The lowest BCUT2D eigenvalue weighted by Gasteiger charge is -2.31. The third kappa shape index (κ3) is 2.39. The lowest BCUT2D eigenvalue weighted by Crippen LogP contribution is -2.43. The van der Waals surface area contributed by atoms with Gasteiger partial charge < -0.3 is 4.90 Å². The molecule has 2 aliphatic rings. The Morgan fingerprint density at radius 2 is 1.80 bits per heavy atom. The van der Waals surface area contributed by atoms with Crippen LogP contribution in [0.5, 0.6) is 0 Å². The van der Waals surface area contributed by atoms with Crippen molar-refractivity contribution >= 4 is 11.7 Å². The second-order valence-electron chi connectivity index (χ2n) is 4.65. The number of carbonyl (C=O) groups is 2. The van der Waals surface area contributed by atoms with Crippen molar-refractivity contribution in [2.45, 2.75) is 44.9 Å². The molecule has 0 spiro atoms. The molecule has 1 aliphatic carbocycles. The average molecular weight is 209 g/mol. The summed E-state index contributed by atoms with van der Waals surface area (Å²) in [6.07, 6.45) is 6.85. The number of ketones is 1. The van der Waals surface area contributed by atoms with Crippen LogP contribution in [0.4, 0.5) is 0 Å². The molecule has 3 nitrogen and oxygen atoms in total. The molecule has 1 saturated heterocycles. The van der Waals surface area contributed by atoms with Gasteiger partial charge in [-0.1, -0.05) is 6.42 Å². The minimum atomic E-state index is -0.295. The lowest BCUT2D eigenvalue weighted by atomic mass is 9.86. The summed E-state index contributed by atoms with van der Waals surface area (Å²) >= 11 is 0. The van der Waals surface area contributed by atoms with Gasteiger partial charge >= 0.3 is 0 Å². The maximum absolute atomic E-state index is 12.1. The van der Waals surface area contributed by atoms with Gasteiger partial charge in [0.05, 0.1) is 5.92 Å². The first-order chi connectivity index (χ1) is 7.29. The van der Waals surface area contributed by atoms with Gasteiger partial charge in [-0.05, 0) is 32.1 Å². The van der Waals surface area contributed by atoms with E-state index in [4.69, 9.17) is 0 Å². The lowest BCUT2D eigenvalue weighted by molar-refractivity contribution is -0.143. The molecule has 0 unspecified atom stereocenters. The molecule has 1 saturated carbocycles. The Bertz CT molecular complexity index is 256. The fourth-order valence-electron chi connectivity index (χ4n) is 2.58. The van der Waals surface area contributed by atoms with Gasteiger partial charge in [-0.3, -0.25) is 9.59 Å². The maximum atomic E-state index is 12.1. The van der Waals surface area contributed by atoms with Crippen LogP contribution >= 0.6 is 0 Å². The highest BCUT2D eigenvalue weighted by molar-refractivity contribution is 6.01. The summed E-state index contributed by atoms with van der Waals surface area (Å²) in [5.41, 5.74) is 0. The Morgan fingerprint density at radius 3 is 2.47 bits per heavy atom. The summed E-state index contributed by atoms with van der Waals surface area (Å²) in [7, 11) is 0. The Balaban J connectivity index is 1.95. The number of hydrogen-bond acceptors (Lipinski definition) is 2. The zero-order valence-corrected chi connectivity index (χ0v) is 9.21. The number of hydrogen-bond donors (Lipinski definition) is 0. The molecule has 0 aromatic heterocycles. The van der Waals surface area contributed by atoms with Crippen LogP contribution in [0.3, 0.4) is 0 Å². The van der Waals surface area contributed by atoms with Crippen LogP contribution in [0.2, 0.25) is 0 Å². The number of carbonyl (C=O) groups excluding carboxylic acids is 2. The van der Waals surface area contributed by atoms with Gasteiger partial charge in [-0.15, -0.1) is 0 Å². The van der Waals surface area contributed by atoms with E-state index in [1.54, 1.807) is 0 Å². The van der Waals surface area contributed by atoms with Gasteiger partial charge in [0.25, 0.3) is 0 Å². The van der Waals surface area contributed by atoms with Gasteiger partial charge in [0.2, 0.25) is 5.91 Å². The largest absolute Gasteiger partial charge is 0.342 e. The zero-order valence-electron chi connectivity index (χ0n) is 9.21. The number of likely N-dealkylation sites (tertiary alicyclic amines) is 1. The van der Waals surface area contributed by atoms with Crippen molar-refractivity contribution in [2.24, 2.45) is 5.92 Å². The Morgan fingerprint density at radius 1 is 1.07 bits per heavy atom. The first-order valence-electron chi connectivity index (χ1n) is 6.10. The van der Waals surface area contributed by atoms with Gasteiger partial charge in [0.15, 0.2) is 0 Å². The Labute approximate surface area is 90.8 Å². The average Bonchev–Trinajstić information content (AvgIpc) is 2.30. The standard InChI is InChI=1S/C12H19NO2/c14-11-7-3-2-6-10(11)12(15)13-8-4-1-5-9-13/h10H,1-9H2/t10-/m0/s1. The first kappa shape index (κ1) is 10.7. The van der Waals surface area contributed by atoms with Crippen molar-refractivity contribution in [3.8, 4) is 0 Å². The van der Waals surface area contributed by atoms with E-state index in [-0.39, 0.29) is 17.6 Å². The Kier molecular flexibility index (Phi) is 3.39. The molecular formula is C12H19NO2. The smallest absolute Gasteiger partial charge is 0.233 e. The van der Waals surface area contributed by atoms with Gasteiger partial charge in [0.1, 0.15) is 5.78 Å². The third-order valence-corrected chi connectivity index (χ3v) is 3.52. The van der Waals surface area contributed by atoms with Crippen LogP contribution in [0.25, 0.3) is 0 Å². The molecule has 0 bridgehead atoms. The first-order valence-corrected chi connectivity index (χ1v) is 6.10. The van der Waals surface area contributed by atoms with E-state index in [2.05, 4.69) is 0 Å². The van der Waals surface area contributed by atoms with Crippen LogP contribution in [-0.4, -0.2) is 29.7 Å². The second kappa shape index (κ2) is 4.77. The molecule has 1 atom stereocenters. The van der Waals surface area contributed by atoms with E-state index < -0.39 is 0 Å². The number of Topliss-reactive ketones (excluding diaryl/α,β-unsaturated/α-hetero) is 1. The molecule has 1 aliphatic heterocycles. The van der Waals surface area contributed by atoms with E-state index in [9.17, 15) is 9.59 Å². The normalized spacial score (nSPS) is 27.9. The monoisotopic (exact) mass is 209 g/mol. The van der Waals surface area contributed by atoms with E-state index >= 15 is 0 Å². The molecule has 2 fully saturated rings. The molecule has 1 amide bonds. The van der Waals surface area contributed by atoms with Crippen molar-refractivity contribution < 1.29 is 9.59 Å². The molecule has 15 heavy (non-hydrogen) atoms. The van der Waals surface area contributed by atoms with Crippen molar-refractivity contribution in [3.63, 3.8) is 0 Å². The van der Waals surface area contributed by atoms with Crippen LogP contribution in [0.1, 0.15) is 44.9 Å². The highest BCUT2D eigenvalue weighted by atomic mass is 16.2. The molecule has 0 radical (unpaired) electrons. The van der Waals surface area contributed by atoms with E-state index in [1.807, 2.05) is 4.90 Å². The summed E-state index contributed by atoms with van der Waals surface area (Å²) in [5, 5.41) is 0. The van der Waals surface area contributed by atoms with E-state index in [1.165, 1.54) is 6.42 Å². The van der Waals surface area contributed by atoms with Crippen LogP contribution in [0, 0.1) is 5.92 Å². The summed E-state index contributed by atoms with van der Waals surface area (Å²) < 4.78 is 0. The highest BCUT2D eigenvalue weighted by Gasteiger charge is 2.32. The minimum absolute atomic E-state index is 0.111. The fraction of sp³-hybridized carbons (Fsp3) is 0.833. The molecular weight excluding hydrogens is 190 g/mol. The summed E-state index contributed by atoms with van der Waals surface area (Å²) in [5.74, 6) is -0.00641. The number of amides is 1. The van der Waals surface area contributed by atoms with E-state index in [0.717, 1.165) is 45.2 Å². The molecule has 1 heterocycles. The summed E-state index contributed by atoms with van der Waals surface area (Å²) in [4.78, 5) is 25.6. The highest BCUT2D eigenvalue weighted by Crippen LogP contribution is 2.23. The van der Waals surface area contributed by atoms with Gasteiger partial charge in [0, 0.05) is 19.5 Å². The maximum Gasteiger partial charge on any atom is 0.233 e. The van der Waals surface area contributed by atoms with Crippen LogP contribution < -0.4 is 0 Å². The van der Waals surface area contributed by atoms with Gasteiger partial charge in [-0.25, -0.2) is 0 Å². The van der Waals surface area contributed by atoms with Crippen molar-refractivity contribution in [2.75, 3.05) is 13.1 Å². The predicted molar refractivity (Wildman–Crippen MR) is 57.4 cm³/mol. The fourth-order valence-corrected chi connectivity index (χ4v) is 2.58. The SMILES string of the molecule is O=C1CCCC[C@@H]1C(=O)N1CCCCC1. The molecule has 84 valence electrons. The topological polar surface area (TPSA) is 37.4 Å². The number of nitrogens with zero attached hydrogens (tertiary/aromatic N) is 1. The van der Waals surface area contributed by atoms with E-state index in [0.29, 0.717) is 6.42 Å². The van der Waals surface area contributed by atoms with Crippen LogP contribution in [0.15, 0.2) is 0 Å². The van der Waals surface area contributed by atoms with Crippen LogP contribution in [-0.2, 0) is 9.59 Å². The summed E-state index contributed by atoms with van der Waals surface area (Å²) in [6, 6.07) is 0. The zero-order chi connectivity index (χ0) is 10.7. The van der Waals surface area contributed by atoms with Crippen molar-refractivity contribution in [3.05, 3.63) is 0 Å². The quantitative estimate of drug-likeness (QED) is 0.617. The molecule has 0 N–H and O–H groups in total. The molecule has 0 aromatic carbocycles. The predicted octanol–water partition coefficient (Wildman–Crippen LogP) is 1.76. The molecule has 2 rings (SSSR count). The number of piperidine rings is 1. The molecule has 3 heteroatoms. The third-order valence-electron chi connectivity index (χ3n) is 3.52. The van der Waals surface area contributed by atoms with Gasteiger partial charge in [-0.2, -0.15) is 0 Å². The van der Waals surface area contributed by atoms with Crippen molar-refractivity contribution in [1.82, 2.24) is 4.90 Å².